The van der Waals surface area contributed by atoms with Crippen LogP contribution in [0, 0.1) is 6.92 Å². The predicted octanol–water partition coefficient (Wildman–Crippen LogP) is 3.35. The van der Waals surface area contributed by atoms with E-state index in [1.54, 1.807) is 7.11 Å². The molecule has 0 aromatic carbocycles. The monoisotopic (exact) mass is 383 g/mol. The Morgan fingerprint density at radius 1 is 1.65 bits per heavy atom. The SMILES string of the molecule is COCC(Br)CCNC(=O)c1cc(C)c(Br)s1. The summed E-state index contributed by atoms with van der Waals surface area (Å²) in [5.41, 5.74) is 1.10. The number of amides is 1. The van der Waals surface area contributed by atoms with E-state index in [2.05, 4.69) is 37.2 Å². The maximum absolute atomic E-state index is 11.8. The Kier molecular flexibility index (Phi) is 6.69. The van der Waals surface area contributed by atoms with Crippen LogP contribution in [-0.4, -0.2) is 31.0 Å². The molecule has 96 valence electrons. The number of hydrogen-bond donors (Lipinski definition) is 1. The van der Waals surface area contributed by atoms with Gasteiger partial charge in [0.15, 0.2) is 0 Å². The lowest BCUT2D eigenvalue weighted by Gasteiger charge is -2.08. The lowest BCUT2D eigenvalue weighted by atomic mass is 10.3. The van der Waals surface area contributed by atoms with Crippen LogP contribution in [0.25, 0.3) is 0 Å². The maximum Gasteiger partial charge on any atom is 0.261 e. The molecular weight excluding hydrogens is 370 g/mol. The first-order chi connectivity index (χ1) is 8.04. The molecule has 3 nitrogen and oxygen atoms in total. The summed E-state index contributed by atoms with van der Waals surface area (Å²) in [5.74, 6) is -0.0130. The van der Waals surface area contributed by atoms with Gasteiger partial charge in [-0.2, -0.15) is 0 Å². The summed E-state index contributed by atoms with van der Waals surface area (Å²) < 4.78 is 6.02. The summed E-state index contributed by atoms with van der Waals surface area (Å²) in [6.45, 7) is 3.27. The molecule has 0 aliphatic carbocycles. The van der Waals surface area contributed by atoms with Gasteiger partial charge in [-0.1, -0.05) is 15.9 Å². The average Bonchev–Trinajstić information content (AvgIpc) is 2.59. The molecule has 0 saturated heterocycles. The largest absolute Gasteiger partial charge is 0.384 e. The van der Waals surface area contributed by atoms with Crippen LogP contribution in [-0.2, 0) is 4.74 Å². The van der Waals surface area contributed by atoms with Crippen LogP contribution in [0.1, 0.15) is 21.7 Å². The van der Waals surface area contributed by atoms with Crippen molar-refractivity contribution in [2.45, 2.75) is 18.2 Å². The maximum atomic E-state index is 11.8. The third-order valence-corrected chi connectivity index (χ3v) is 5.03. The summed E-state index contributed by atoms with van der Waals surface area (Å²) >= 11 is 8.35. The van der Waals surface area contributed by atoms with Crippen molar-refractivity contribution in [3.8, 4) is 0 Å². The summed E-state index contributed by atoms with van der Waals surface area (Å²) in [6, 6.07) is 1.89. The summed E-state index contributed by atoms with van der Waals surface area (Å²) in [6.07, 6.45) is 0.852. The molecule has 6 heteroatoms. The molecular formula is C11H15Br2NO2S. The Morgan fingerprint density at radius 3 is 2.88 bits per heavy atom. The van der Waals surface area contributed by atoms with Crippen molar-refractivity contribution in [3.05, 3.63) is 20.3 Å². The third-order valence-electron chi connectivity index (χ3n) is 2.17. The fourth-order valence-electron chi connectivity index (χ4n) is 1.27. The number of ether oxygens (including phenoxy) is 1. The van der Waals surface area contributed by atoms with Crippen molar-refractivity contribution >= 4 is 49.1 Å². The molecule has 17 heavy (non-hydrogen) atoms. The fraction of sp³-hybridized carbons (Fsp3) is 0.545. The van der Waals surface area contributed by atoms with Crippen molar-refractivity contribution in [1.82, 2.24) is 5.32 Å². The molecule has 1 heterocycles. The molecule has 0 spiro atoms. The van der Waals surface area contributed by atoms with Crippen molar-refractivity contribution in [2.75, 3.05) is 20.3 Å². The van der Waals surface area contributed by atoms with Crippen LogP contribution < -0.4 is 5.32 Å². The van der Waals surface area contributed by atoms with E-state index in [9.17, 15) is 4.79 Å². The fourth-order valence-corrected chi connectivity index (χ4v) is 3.21. The second-order valence-electron chi connectivity index (χ2n) is 3.66. The van der Waals surface area contributed by atoms with Crippen LogP contribution in [0.5, 0.6) is 0 Å². The number of methoxy groups -OCH3 is 1. The molecule has 0 saturated carbocycles. The number of carbonyl (C=O) groups excluding carboxylic acids is 1. The molecule has 1 rings (SSSR count). The van der Waals surface area contributed by atoms with E-state index in [4.69, 9.17) is 4.74 Å². The minimum Gasteiger partial charge on any atom is -0.384 e. The number of nitrogens with one attached hydrogen (secondary N) is 1. The first-order valence-electron chi connectivity index (χ1n) is 5.21. The van der Waals surface area contributed by atoms with E-state index >= 15 is 0 Å². The van der Waals surface area contributed by atoms with Crippen molar-refractivity contribution < 1.29 is 9.53 Å². The van der Waals surface area contributed by atoms with Crippen LogP contribution in [0.3, 0.4) is 0 Å². The molecule has 0 fully saturated rings. The van der Waals surface area contributed by atoms with E-state index < -0.39 is 0 Å². The van der Waals surface area contributed by atoms with Gasteiger partial charge in [-0.25, -0.2) is 0 Å². The Bertz CT molecular complexity index is 362. The quantitative estimate of drug-likeness (QED) is 0.763. The molecule has 0 aliphatic rings. The highest BCUT2D eigenvalue weighted by Crippen LogP contribution is 2.27. The first-order valence-corrected chi connectivity index (χ1v) is 7.74. The van der Waals surface area contributed by atoms with Gasteiger partial charge in [-0.05, 0) is 40.9 Å². The number of rotatable bonds is 6. The molecule has 1 amide bonds. The second kappa shape index (κ2) is 7.51. The molecule has 1 N–H and O–H groups in total. The van der Waals surface area contributed by atoms with Gasteiger partial charge < -0.3 is 10.1 Å². The Morgan fingerprint density at radius 2 is 2.35 bits per heavy atom. The zero-order valence-corrected chi connectivity index (χ0v) is 13.7. The minimum absolute atomic E-state index is 0.0130. The average molecular weight is 385 g/mol. The van der Waals surface area contributed by atoms with Gasteiger partial charge in [0.1, 0.15) is 0 Å². The van der Waals surface area contributed by atoms with E-state index in [-0.39, 0.29) is 10.7 Å². The number of alkyl halides is 1. The molecule has 1 unspecified atom stereocenters. The van der Waals surface area contributed by atoms with E-state index in [0.29, 0.717) is 13.2 Å². The zero-order valence-electron chi connectivity index (χ0n) is 9.76. The Hall–Kier alpha value is 0.0900. The van der Waals surface area contributed by atoms with Crippen LogP contribution in [0.4, 0.5) is 0 Å². The standard InChI is InChI=1S/C11H15Br2NO2S/c1-7-5-9(17-10(7)13)11(15)14-4-3-8(12)6-16-2/h5,8H,3-4,6H2,1-2H3,(H,14,15). The summed E-state index contributed by atoms with van der Waals surface area (Å²) in [7, 11) is 1.67. The lowest BCUT2D eigenvalue weighted by Crippen LogP contribution is -2.26. The van der Waals surface area contributed by atoms with Gasteiger partial charge in [0.05, 0.1) is 15.3 Å². The first kappa shape index (κ1) is 15.1. The van der Waals surface area contributed by atoms with Gasteiger partial charge in [0, 0.05) is 18.5 Å². The molecule has 1 aromatic rings. The summed E-state index contributed by atoms with van der Waals surface area (Å²) in [5, 5.41) is 2.89. The Labute approximate surface area is 122 Å². The van der Waals surface area contributed by atoms with Gasteiger partial charge in [-0.3, -0.25) is 4.79 Å². The van der Waals surface area contributed by atoms with Gasteiger partial charge in [-0.15, -0.1) is 11.3 Å². The topological polar surface area (TPSA) is 38.3 Å². The molecule has 0 radical (unpaired) electrons. The van der Waals surface area contributed by atoms with Crippen LogP contribution in [0.2, 0.25) is 0 Å². The zero-order chi connectivity index (χ0) is 12.8. The van der Waals surface area contributed by atoms with E-state index in [1.165, 1.54) is 11.3 Å². The normalized spacial score (nSPS) is 12.5. The molecule has 0 bridgehead atoms. The number of carbonyl (C=O) groups is 1. The minimum atomic E-state index is -0.0130. The highest BCUT2D eigenvalue weighted by Gasteiger charge is 2.11. The number of aryl methyl sites for hydroxylation is 1. The highest BCUT2D eigenvalue weighted by atomic mass is 79.9. The van der Waals surface area contributed by atoms with Crippen molar-refractivity contribution in [3.63, 3.8) is 0 Å². The highest BCUT2D eigenvalue weighted by molar-refractivity contribution is 9.11. The van der Waals surface area contributed by atoms with Crippen LogP contribution >= 0.6 is 43.2 Å². The Balaban J connectivity index is 2.35. The predicted molar refractivity (Wildman–Crippen MR) is 78.3 cm³/mol. The van der Waals surface area contributed by atoms with Crippen molar-refractivity contribution in [2.24, 2.45) is 0 Å². The number of hydrogen-bond acceptors (Lipinski definition) is 3. The summed E-state index contributed by atoms with van der Waals surface area (Å²) in [4.78, 5) is 12.8. The van der Waals surface area contributed by atoms with E-state index in [1.807, 2.05) is 13.0 Å². The molecule has 0 aliphatic heterocycles. The smallest absolute Gasteiger partial charge is 0.261 e. The number of thiophene rings is 1. The van der Waals surface area contributed by atoms with Gasteiger partial charge in [0.2, 0.25) is 0 Å². The van der Waals surface area contributed by atoms with Gasteiger partial charge >= 0.3 is 0 Å². The molecule has 1 aromatic heterocycles. The van der Waals surface area contributed by atoms with E-state index in [0.717, 1.165) is 20.6 Å². The molecule has 1 atom stereocenters. The van der Waals surface area contributed by atoms with Gasteiger partial charge in [0.25, 0.3) is 5.91 Å². The van der Waals surface area contributed by atoms with Crippen LogP contribution in [0.15, 0.2) is 9.85 Å². The number of halogens is 2. The lowest BCUT2D eigenvalue weighted by molar-refractivity contribution is 0.0956. The van der Waals surface area contributed by atoms with Crippen molar-refractivity contribution in [1.29, 1.82) is 0 Å². The third kappa shape index (κ3) is 5.07. The second-order valence-corrected chi connectivity index (χ2v) is 7.33.